The van der Waals surface area contributed by atoms with Gasteiger partial charge in [0.25, 0.3) is 0 Å². The van der Waals surface area contributed by atoms with Crippen LogP contribution in [0.25, 0.3) is 5.70 Å². The highest BCUT2D eigenvalue weighted by Crippen LogP contribution is 2.18. The molecule has 0 amide bonds. The van der Waals surface area contributed by atoms with Crippen LogP contribution >= 0.6 is 0 Å². The van der Waals surface area contributed by atoms with E-state index in [1.54, 1.807) is 12.1 Å². The Balaban J connectivity index is 2.38. The van der Waals surface area contributed by atoms with E-state index in [2.05, 4.69) is 11.6 Å². The second-order valence-electron chi connectivity index (χ2n) is 4.68. The van der Waals surface area contributed by atoms with Crippen molar-refractivity contribution in [2.24, 2.45) is 10.9 Å². The van der Waals surface area contributed by atoms with Gasteiger partial charge >= 0.3 is 5.97 Å². The molecule has 5 heteroatoms. The molecule has 0 bridgehead atoms. The minimum absolute atomic E-state index is 0.167. The maximum absolute atomic E-state index is 11.0. The number of aromatic carboxylic acids is 1. The fourth-order valence-electron chi connectivity index (χ4n) is 1.98. The second kappa shape index (κ2) is 6.69. The van der Waals surface area contributed by atoms with E-state index in [1.807, 2.05) is 31.2 Å². The largest absolute Gasteiger partial charge is 0.478 e. The van der Waals surface area contributed by atoms with Crippen molar-refractivity contribution in [3.63, 3.8) is 0 Å². The summed E-state index contributed by atoms with van der Waals surface area (Å²) < 4.78 is 0. The summed E-state index contributed by atoms with van der Waals surface area (Å²) in [5.74, 6) is 4.53. The van der Waals surface area contributed by atoms with E-state index in [-0.39, 0.29) is 11.5 Å². The molecule has 2 rings (SSSR count). The van der Waals surface area contributed by atoms with E-state index in [1.165, 1.54) is 12.1 Å². The van der Waals surface area contributed by atoms with Crippen molar-refractivity contribution in [2.45, 2.75) is 6.92 Å². The molecule has 5 nitrogen and oxygen atoms in total. The fourth-order valence-corrected chi connectivity index (χ4v) is 1.98. The lowest BCUT2D eigenvalue weighted by Crippen LogP contribution is -2.13. The summed E-state index contributed by atoms with van der Waals surface area (Å²) in [6.45, 7) is 5.77. The van der Waals surface area contributed by atoms with Crippen LogP contribution in [0.2, 0.25) is 0 Å². The Hall–Kier alpha value is -2.92. The van der Waals surface area contributed by atoms with E-state index < -0.39 is 5.97 Å². The number of hydrogen-bond acceptors (Lipinski definition) is 4. The molecule has 0 aromatic heterocycles. The number of benzene rings is 2. The molecule has 0 heterocycles. The summed E-state index contributed by atoms with van der Waals surface area (Å²) in [7, 11) is 0. The van der Waals surface area contributed by atoms with Crippen LogP contribution in [0.3, 0.4) is 0 Å². The number of carboxylic acid groups (broad SMARTS) is 1. The molecule has 0 atom stereocenters. The summed E-state index contributed by atoms with van der Waals surface area (Å²) in [6.07, 6.45) is 0. The second-order valence-corrected chi connectivity index (χ2v) is 4.68. The van der Waals surface area contributed by atoms with E-state index >= 15 is 0 Å². The average molecular weight is 296 g/mol. The molecule has 112 valence electrons. The van der Waals surface area contributed by atoms with Crippen molar-refractivity contribution >= 4 is 17.6 Å². The lowest BCUT2D eigenvalue weighted by Gasteiger charge is -2.08. The van der Waals surface area contributed by atoms with Crippen LogP contribution in [0.5, 0.6) is 0 Å². The Kier molecular flexibility index (Phi) is 4.70. The predicted octanol–water partition coefficient (Wildman–Crippen LogP) is 3.00. The lowest BCUT2D eigenvalue weighted by molar-refractivity contribution is 0.0697. The first-order valence-corrected chi connectivity index (χ1v) is 6.57. The molecule has 0 spiro atoms. The van der Waals surface area contributed by atoms with E-state index in [9.17, 15) is 4.79 Å². The normalized spacial score (nSPS) is 11.1. The molecule has 0 saturated carbocycles. The topological polar surface area (TPSA) is 84.9 Å². The summed E-state index contributed by atoms with van der Waals surface area (Å²) in [5.41, 5.74) is 2.83. The third-order valence-corrected chi connectivity index (χ3v) is 3.17. The maximum atomic E-state index is 11.0. The first-order valence-electron chi connectivity index (χ1n) is 6.57. The minimum atomic E-state index is -1.01. The van der Waals surface area contributed by atoms with Gasteiger partial charge in [-0.1, -0.05) is 36.9 Å². The summed E-state index contributed by atoms with van der Waals surface area (Å²) in [5, 5.41) is 9.02. The zero-order valence-electron chi connectivity index (χ0n) is 12.1. The molecular weight excluding hydrogens is 280 g/mol. The van der Waals surface area contributed by atoms with Gasteiger partial charge in [0, 0.05) is 11.1 Å². The third kappa shape index (κ3) is 3.39. The summed E-state index contributed by atoms with van der Waals surface area (Å²) in [6, 6.07) is 13.9. The highest BCUT2D eigenvalue weighted by molar-refractivity contribution is 5.98. The Morgan fingerprint density at radius 2 is 1.86 bits per heavy atom. The molecule has 0 radical (unpaired) electrons. The smallest absolute Gasteiger partial charge is 0.335 e. The van der Waals surface area contributed by atoms with Gasteiger partial charge in [0.15, 0.2) is 0 Å². The lowest BCUT2D eigenvalue weighted by atomic mass is 10.1. The molecular formula is C17H16N2O3. The average Bonchev–Trinajstić information content (AvgIpc) is 2.53. The van der Waals surface area contributed by atoms with Crippen molar-refractivity contribution in [3.05, 3.63) is 77.4 Å². The van der Waals surface area contributed by atoms with Crippen LogP contribution in [0.1, 0.15) is 27.0 Å². The quantitative estimate of drug-likeness (QED) is 0.516. The summed E-state index contributed by atoms with van der Waals surface area (Å²) >= 11 is 0. The van der Waals surface area contributed by atoms with Gasteiger partial charge in [0.1, 0.15) is 0 Å². The van der Waals surface area contributed by atoms with Crippen LogP contribution in [-0.4, -0.2) is 17.0 Å². The van der Waals surface area contributed by atoms with Gasteiger partial charge < -0.3 is 9.94 Å². The Morgan fingerprint density at radius 1 is 1.18 bits per heavy atom. The number of carboxylic acids is 1. The van der Waals surface area contributed by atoms with Crippen molar-refractivity contribution in [2.75, 3.05) is 0 Å². The Morgan fingerprint density at radius 3 is 2.50 bits per heavy atom. The molecule has 2 aromatic rings. The maximum Gasteiger partial charge on any atom is 0.335 e. The summed E-state index contributed by atoms with van der Waals surface area (Å²) in [4.78, 5) is 20.1. The van der Waals surface area contributed by atoms with Gasteiger partial charge in [0.05, 0.1) is 11.3 Å². The first kappa shape index (κ1) is 15.5. The van der Waals surface area contributed by atoms with Crippen LogP contribution < -0.4 is 5.90 Å². The van der Waals surface area contributed by atoms with Gasteiger partial charge in [-0.15, -0.1) is 0 Å². The zero-order chi connectivity index (χ0) is 16.1. The number of rotatable bonds is 4. The predicted molar refractivity (Wildman–Crippen MR) is 85.4 cm³/mol. The monoisotopic (exact) mass is 296 g/mol. The fraction of sp³-hybridized carbons (Fsp3) is 0.0588. The number of carbonyl (C=O) groups is 1. The van der Waals surface area contributed by atoms with Gasteiger partial charge in [-0.05, 0) is 30.7 Å². The van der Waals surface area contributed by atoms with Crippen molar-refractivity contribution in [1.82, 2.24) is 0 Å². The van der Waals surface area contributed by atoms with E-state index in [0.29, 0.717) is 11.3 Å². The molecule has 2 aromatic carbocycles. The van der Waals surface area contributed by atoms with Crippen molar-refractivity contribution in [1.29, 1.82) is 0 Å². The standard InChI is InChI=1S/C17H16N2O3/c1-11-6-3-4-9-15(11)16(22-18)19-12(2)13-7-5-8-14(10-13)17(20)21/h3-10H,2,18H2,1H3,(H,20,21). The number of nitrogens with zero attached hydrogens (tertiary/aromatic N) is 1. The SMILES string of the molecule is C=C(N=C(ON)c1ccccc1C)c1cccc(C(=O)O)c1. The van der Waals surface area contributed by atoms with Crippen molar-refractivity contribution < 1.29 is 14.7 Å². The number of aryl methyl sites for hydroxylation is 1. The Bertz CT molecular complexity index is 751. The molecule has 22 heavy (non-hydrogen) atoms. The van der Waals surface area contributed by atoms with E-state index in [0.717, 1.165) is 11.1 Å². The highest BCUT2D eigenvalue weighted by atomic mass is 16.6. The molecule has 0 aliphatic carbocycles. The first-order chi connectivity index (χ1) is 10.5. The van der Waals surface area contributed by atoms with Crippen LogP contribution in [0.4, 0.5) is 0 Å². The molecule has 0 aliphatic heterocycles. The van der Waals surface area contributed by atoms with Crippen LogP contribution in [0, 0.1) is 6.92 Å². The number of hydrogen-bond donors (Lipinski definition) is 2. The molecule has 0 saturated heterocycles. The third-order valence-electron chi connectivity index (χ3n) is 3.17. The minimum Gasteiger partial charge on any atom is -0.478 e. The van der Waals surface area contributed by atoms with Gasteiger partial charge in [0.2, 0.25) is 5.90 Å². The van der Waals surface area contributed by atoms with Crippen LogP contribution in [-0.2, 0) is 4.84 Å². The zero-order valence-corrected chi connectivity index (χ0v) is 12.1. The number of nitrogens with two attached hydrogens (primary N) is 1. The van der Waals surface area contributed by atoms with Crippen LogP contribution in [0.15, 0.2) is 60.1 Å². The highest BCUT2D eigenvalue weighted by Gasteiger charge is 2.10. The van der Waals surface area contributed by atoms with Crippen molar-refractivity contribution in [3.8, 4) is 0 Å². The van der Waals surface area contributed by atoms with Gasteiger partial charge in [-0.3, -0.25) is 0 Å². The number of aliphatic imine (C=N–C) groups is 1. The molecule has 0 unspecified atom stereocenters. The molecule has 3 N–H and O–H groups in total. The van der Waals surface area contributed by atoms with Gasteiger partial charge in [-0.2, -0.15) is 5.90 Å². The Labute approximate surface area is 128 Å². The van der Waals surface area contributed by atoms with Gasteiger partial charge in [-0.25, -0.2) is 9.79 Å². The van der Waals surface area contributed by atoms with E-state index in [4.69, 9.17) is 15.8 Å². The molecule has 0 fully saturated rings. The molecule has 0 aliphatic rings.